The summed E-state index contributed by atoms with van der Waals surface area (Å²) in [7, 11) is 0. The molecule has 0 heterocycles. The summed E-state index contributed by atoms with van der Waals surface area (Å²) in [6.07, 6.45) is 0. The molecule has 0 bridgehead atoms. The zero-order chi connectivity index (χ0) is 19.0. The summed E-state index contributed by atoms with van der Waals surface area (Å²) in [5.41, 5.74) is 0.630. The molecule has 1 rings (SSSR count). The first-order valence-electron chi connectivity index (χ1n) is 7.71. The first-order chi connectivity index (χ1) is 11.7. The lowest BCUT2D eigenvalue weighted by Crippen LogP contribution is -2.54. The Morgan fingerprint density at radius 2 is 1.72 bits per heavy atom. The van der Waals surface area contributed by atoms with Crippen LogP contribution in [0.2, 0.25) is 0 Å². The highest BCUT2D eigenvalue weighted by Crippen LogP contribution is 2.13. The molecule has 1 unspecified atom stereocenters. The van der Waals surface area contributed by atoms with Crippen molar-refractivity contribution in [3.63, 3.8) is 0 Å². The number of rotatable bonds is 9. The molecule has 0 saturated carbocycles. The van der Waals surface area contributed by atoms with Crippen molar-refractivity contribution in [2.45, 2.75) is 25.9 Å². The summed E-state index contributed by atoms with van der Waals surface area (Å²) in [4.78, 5) is 35.3. The van der Waals surface area contributed by atoms with E-state index in [2.05, 4.69) is 28.6 Å². The van der Waals surface area contributed by atoms with Crippen molar-refractivity contribution in [3.8, 4) is 5.75 Å². The van der Waals surface area contributed by atoms with Gasteiger partial charge in [-0.15, -0.1) is 0 Å². The Labute approximate surface area is 151 Å². The van der Waals surface area contributed by atoms with E-state index in [4.69, 9.17) is 5.11 Å². The molecular formula is C16H23N3O5S. The molecule has 5 N–H and O–H groups in total. The van der Waals surface area contributed by atoms with Gasteiger partial charge in [0.25, 0.3) is 0 Å². The van der Waals surface area contributed by atoms with Gasteiger partial charge >= 0.3 is 5.97 Å². The molecule has 2 amide bonds. The maximum Gasteiger partial charge on any atom is 0.326 e. The van der Waals surface area contributed by atoms with Crippen LogP contribution in [0.1, 0.15) is 13.8 Å². The van der Waals surface area contributed by atoms with Gasteiger partial charge in [-0.1, -0.05) is 13.8 Å². The van der Waals surface area contributed by atoms with Crippen LogP contribution in [0.4, 0.5) is 5.69 Å². The van der Waals surface area contributed by atoms with Crippen molar-refractivity contribution in [1.29, 1.82) is 0 Å². The van der Waals surface area contributed by atoms with E-state index in [9.17, 15) is 19.5 Å². The van der Waals surface area contributed by atoms with E-state index in [-0.39, 0.29) is 24.0 Å². The predicted octanol–water partition coefficient (Wildman–Crippen LogP) is 0.444. The van der Waals surface area contributed by atoms with E-state index in [0.29, 0.717) is 5.69 Å². The van der Waals surface area contributed by atoms with Gasteiger partial charge in [0, 0.05) is 11.4 Å². The van der Waals surface area contributed by atoms with E-state index in [1.807, 2.05) is 0 Å². The number of nitrogens with one attached hydrogen (secondary N) is 3. The van der Waals surface area contributed by atoms with Gasteiger partial charge in [-0.3, -0.25) is 9.59 Å². The number of carbonyl (C=O) groups is 3. The fraction of sp³-hybridized carbons (Fsp3) is 0.438. The number of phenolic OH excluding ortho intramolecular Hbond substituents is 1. The molecule has 2 atom stereocenters. The number of aromatic hydroxyl groups is 1. The zero-order valence-corrected chi connectivity index (χ0v) is 14.9. The van der Waals surface area contributed by atoms with Crippen molar-refractivity contribution in [2.75, 3.05) is 17.6 Å². The highest BCUT2D eigenvalue weighted by Gasteiger charge is 2.27. The SMILES string of the molecule is CC(C)[C@H](NC(=O)C(CS)NC(=O)CNc1ccc(O)cc1)C(=O)O. The average molecular weight is 369 g/mol. The second kappa shape index (κ2) is 9.77. The average Bonchev–Trinajstić information content (AvgIpc) is 2.56. The Morgan fingerprint density at radius 1 is 1.12 bits per heavy atom. The van der Waals surface area contributed by atoms with Crippen LogP contribution in [0, 0.1) is 5.92 Å². The highest BCUT2D eigenvalue weighted by atomic mass is 32.1. The van der Waals surface area contributed by atoms with E-state index < -0.39 is 29.9 Å². The second-order valence-electron chi connectivity index (χ2n) is 5.77. The zero-order valence-electron chi connectivity index (χ0n) is 14.0. The van der Waals surface area contributed by atoms with Crippen LogP contribution in [0.5, 0.6) is 5.75 Å². The van der Waals surface area contributed by atoms with Crippen LogP contribution in [-0.2, 0) is 14.4 Å². The standard InChI is InChI=1S/C16H23N3O5S/c1-9(2)14(16(23)24)19-15(22)12(8-25)18-13(21)7-17-10-3-5-11(20)6-4-10/h3-6,9,12,14,17,20,25H,7-8H2,1-2H3,(H,18,21)(H,19,22)(H,23,24)/t12?,14-/m0/s1. The number of amides is 2. The number of carboxylic acids is 1. The molecule has 0 aliphatic carbocycles. The van der Waals surface area contributed by atoms with Gasteiger partial charge in [0.05, 0.1) is 6.54 Å². The number of carboxylic acid groups (broad SMARTS) is 1. The number of phenols is 1. The summed E-state index contributed by atoms with van der Waals surface area (Å²) >= 11 is 4.03. The molecule has 0 saturated heterocycles. The molecular weight excluding hydrogens is 346 g/mol. The minimum absolute atomic E-state index is 0.0290. The van der Waals surface area contributed by atoms with Crippen molar-refractivity contribution in [3.05, 3.63) is 24.3 Å². The topological polar surface area (TPSA) is 128 Å². The summed E-state index contributed by atoms with van der Waals surface area (Å²) in [5.74, 6) is -2.34. The number of thiol groups is 1. The molecule has 0 spiro atoms. The molecule has 1 aromatic carbocycles. The molecule has 0 fully saturated rings. The fourth-order valence-corrected chi connectivity index (χ4v) is 2.23. The molecule has 0 radical (unpaired) electrons. The van der Waals surface area contributed by atoms with E-state index in [0.717, 1.165) is 0 Å². The molecule has 1 aromatic rings. The Balaban J connectivity index is 2.55. The number of benzene rings is 1. The first-order valence-corrected chi connectivity index (χ1v) is 8.34. The second-order valence-corrected chi connectivity index (χ2v) is 6.14. The Hall–Kier alpha value is -2.42. The maximum atomic E-state index is 12.2. The van der Waals surface area contributed by atoms with Crippen LogP contribution in [0.25, 0.3) is 0 Å². The summed E-state index contributed by atoms with van der Waals surface area (Å²) in [5, 5.41) is 26.0. The summed E-state index contributed by atoms with van der Waals surface area (Å²) in [6.45, 7) is 3.26. The van der Waals surface area contributed by atoms with Crippen molar-refractivity contribution in [2.24, 2.45) is 5.92 Å². The van der Waals surface area contributed by atoms with Crippen molar-refractivity contribution >= 4 is 36.1 Å². The third-order valence-electron chi connectivity index (χ3n) is 3.39. The third kappa shape index (κ3) is 6.92. The van der Waals surface area contributed by atoms with Crippen molar-refractivity contribution < 1.29 is 24.6 Å². The monoisotopic (exact) mass is 369 g/mol. The predicted molar refractivity (Wildman–Crippen MR) is 96.8 cm³/mol. The Morgan fingerprint density at radius 3 is 2.20 bits per heavy atom. The molecule has 138 valence electrons. The van der Waals surface area contributed by atoms with Crippen LogP contribution >= 0.6 is 12.6 Å². The number of carbonyl (C=O) groups excluding carboxylic acids is 2. The van der Waals surface area contributed by atoms with Gasteiger partial charge in [-0.2, -0.15) is 12.6 Å². The van der Waals surface area contributed by atoms with Gasteiger partial charge < -0.3 is 26.2 Å². The van der Waals surface area contributed by atoms with Crippen molar-refractivity contribution in [1.82, 2.24) is 10.6 Å². The fourth-order valence-electron chi connectivity index (χ4n) is 1.97. The highest BCUT2D eigenvalue weighted by molar-refractivity contribution is 7.80. The first kappa shape index (κ1) is 20.6. The molecule has 0 aromatic heterocycles. The number of aliphatic carboxylic acids is 1. The summed E-state index contributed by atoms with van der Waals surface area (Å²) in [6, 6.07) is 4.17. The van der Waals surface area contributed by atoms with E-state index in [1.165, 1.54) is 12.1 Å². The third-order valence-corrected chi connectivity index (χ3v) is 3.75. The van der Waals surface area contributed by atoms with Gasteiger partial charge in [0.1, 0.15) is 17.8 Å². The maximum absolute atomic E-state index is 12.2. The smallest absolute Gasteiger partial charge is 0.326 e. The lowest BCUT2D eigenvalue weighted by Gasteiger charge is -2.22. The molecule has 0 aliphatic heterocycles. The van der Waals surface area contributed by atoms with Crippen LogP contribution in [-0.4, -0.2) is 52.4 Å². The Bertz CT molecular complexity index is 606. The number of hydrogen-bond acceptors (Lipinski definition) is 6. The summed E-state index contributed by atoms with van der Waals surface area (Å²) < 4.78 is 0. The lowest BCUT2D eigenvalue weighted by molar-refractivity contribution is -0.143. The van der Waals surface area contributed by atoms with Gasteiger partial charge in [-0.05, 0) is 30.2 Å². The van der Waals surface area contributed by atoms with Gasteiger partial charge in [0.15, 0.2) is 0 Å². The minimum atomic E-state index is -1.14. The molecule has 25 heavy (non-hydrogen) atoms. The van der Waals surface area contributed by atoms with Gasteiger partial charge in [-0.25, -0.2) is 4.79 Å². The normalized spacial score (nSPS) is 13.0. The molecule has 9 heteroatoms. The largest absolute Gasteiger partial charge is 0.508 e. The number of anilines is 1. The van der Waals surface area contributed by atoms with Crippen LogP contribution in [0.3, 0.4) is 0 Å². The lowest BCUT2D eigenvalue weighted by atomic mass is 10.0. The van der Waals surface area contributed by atoms with E-state index in [1.54, 1.807) is 26.0 Å². The Kier molecular flexibility index (Phi) is 8.06. The molecule has 0 aliphatic rings. The quantitative estimate of drug-likeness (QED) is 0.277. The van der Waals surface area contributed by atoms with Crippen LogP contribution in [0.15, 0.2) is 24.3 Å². The van der Waals surface area contributed by atoms with E-state index >= 15 is 0 Å². The molecule has 8 nitrogen and oxygen atoms in total. The van der Waals surface area contributed by atoms with Gasteiger partial charge in [0.2, 0.25) is 11.8 Å². The minimum Gasteiger partial charge on any atom is -0.508 e. The van der Waals surface area contributed by atoms with Crippen LogP contribution < -0.4 is 16.0 Å². The number of hydrogen-bond donors (Lipinski definition) is 6.